The smallest absolute Gasteiger partial charge is 0.432 e. The number of fused-ring (bicyclic) bond motifs is 1. The average molecular weight is 541 g/mol. The molecule has 11 nitrogen and oxygen atoms in total. The predicted molar refractivity (Wildman–Crippen MR) is 140 cm³/mol. The molecule has 0 aliphatic rings. The van der Waals surface area contributed by atoms with Gasteiger partial charge < -0.3 is 19.7 Å². The summed E-state index contributed by atoms with van der Waals surface area (Å²) in [6.45, 7) is 1.31. The van der Waals surface area contributed by atoms with Crippen LogP contribution in [0.4, 0.5) is 10.5 Å². The third-order valence-corrected chi connectivity index (χ3v) is 6.22. The first-order chi connectivity index (χ1) is 18.3. The number of nitro benzene ring substituents is 1. The van der Waals surface area contributed by atoms with Crippen molar-refractivity contribution in [2.24, 2.45) is 0 Å². The summed E-state index contributed by atoms with van der Waals surface area (Å²) in [4.78, 5) is 24.2. The standard InChI is InChI=1S/C26H25ClN4O7/c1-37-25-20-9-8-19(14-22(20)30(28-25)26(33)34)38-12-11-29(15-17-5-3-2-4-6-17)16-24(32)18-7-10-21(27)23(13-18)31(35)36/h2-10,13-14,24,32H,11-12,15-16H2,1H3,(H,33,34). The van der Waals surface area contributed by atoms with Crippen LogP contribution in [-0.2, 0) is 6.54 Å². The second-order valence-electron chi connectivity index (χ2n) is 8.44. The van der Waals surface area contributed by atoms with Crippen molar-refractivity contribution < 1.29 is 29.4 Å². The fraction of sp³-hybridized carbons (Fsp3) is 0.231. The Morgan fingerprint density at radius 2 is 1.95 bits per heavy atom. The number of carbonyl (C=O) groups is 1. The van der Waals surface area contributed by atoms with Gasteiger partial charge in [-0.15, -0.1) is 5.10 Å². The number of halogens is 1. The van der Waals surface area contributed by atoms with Gasteiger partial charge in [-0.05, 0) is 29.3 Å². The highest BCUT2D eigenvalue weighted by Gasteiger charge is 2.20. The number of methoxy groups -OCH3 is 1. The van der Waals surface area contributed by atoms with Gasteiger partial charge in [-0.2, -0.15) is 4.68 Å². The van der Waals surface area contributed by atoms with E-state index >= 15 is 0 Å². The molecule has 1 aromatic heterocycles. The van der Waals surface area contributed by atoms with Gasteiger partial charge in [0.15, 0.2) is 0 Å². The number of rotatable bonds is 11. The quantitative estimate of drug-likeness (QED) is 0.204. The highest BCUT2D eigenvalue weighted by molar-refractivity contribution is 6.32. The second kappa shape index (κ2) is 11.9. The van der Waals surface area contributed by atoms with E-state index < -0.39 is 17.1 Å². The SMILES string of the molecule is COc1nn(C(=O)O)c2cc(OCCN(Cc3ccccc3)CC(O)c3ccc(Cl)c([N+](=O)[O-])c3)ccc12. The topological polar surface area (TPSA) is 140 Å². The number of carboxylic acid groups (broad SMARTS) is 1. The first-order valence-electron chi connectivity index (χ1n) is 11.6. The van der Waals surface area contributed by atoms with Crippen LogP contribution in [0.15, 0.2) is 66.7 Å². The van der Waals surface area contributed by atoms with Crippen molar-refractivity contribution in [3.05, 3.63) is 93.0 Å². The molecular formula is C26H25ClN4O7. The molecule has 0 bridgehead atoms. The van der Waals surface area contributed by atoms with E-state index in [1.54, 1.807) is 24.3 Å². The van der Waals surface area contributed by atoms with Gasteiger partial charge in [-0.3, -0.25) is 15.0 Å². The van der Waals surface area contributed by atoms with E-state index in [1.807, 2.05) is 35.2 Å². The van der Waals surface area contributed by atoms with Crippen LogP contribution in [0.25, 0.3) is 10.9 Å². The van der Waals surface area contributed by atoms with Gasteiger partial charge in [-0.1, -0.05) is 48.0 Å². The number of ether oxygens (including phenoxy) is 2. The number of benzene rings is 3. The van der Waals surface area contributed by atoms with Crippen molar-refractivity contribution in [3.8, 4) is 11.6 Å². The maximum Gasteiger partial charge on any atom is 0.432 e. The Bertz CT molecular complexity index is 1440. The van der Waals surface area contributed by atoms with E-state index in [-0.39, 0.29) is 29.7 Å². The number of nitro groups is 1. The monoisotopic (exact) mass is 540 g/mol. The number of aromatic nitrogens is 2. The fourth-order valence-corrected chi connectivity index (χ4v) is 4.23. The lowest BCUT2D eigenvalue weighted by molar-refractivity contribution is -0.384. The lowest BCUT2D eigenvalue weighted by Gasteiger charge is -2.25. The molecule has 0 radical (unpaired) electrons. The summed E-state index contributed by atoms with van der Waals surface area (Å²) in [6.07, 6.45) is -2.26. The highest BCUT2D eigenvalue weighted by Crippen LogP contribution is 2.29. The Labute approximate surface area is 222 Å². The van der Waals surface area contributed by atoms with Crippen LogP contribution < -0.4 is 9.47 Å². The molecule has 0 fully saturated rings. The van der Waals surface area contributed by atoms with E-state index in [0.29, 0.717) is 35.3 Å². The Morgan fingerprint density at radius 3 is 2.63 bits per heavy atom. The van der Waals surface area contributed by atoms with Crippen LogP contribution in [0.3, 0.4) is 0 Å². The van der Waals surface area contributed by atoms with Gasteiger partial charge in [0.05, 0.1) is 29.0 Å². The molecule has 0 saturated heterocycles. The van der Waals surface area contributed by atoms with Crippen LogP contribution in [0.5, 0.6) is 11.6 Å². The predicted octanol–water partition coefficient (Wildman–Crippen LogP) is 4.75. The molecule has 12 heteroatoms. The third kappa shape index (κ3) is 6.20. The lowest BCUT2D eigenvalue weighted by Crippen LogP contribution is -2.32. The van der Waals surface area contributed by atoms with Gasteiger partial charge in [0.1, 0.15) is 17.4 Å². The summed E-state index contributed by atoms with van der Waals surface area (Å²) in [5.41, 5.74) is 1.45. The fourth-order valence-electron chi connectivity index (χ4n) is 4.05. The second-order valence-corrected chi connectivity index (χ2v) is 8.84. The number of hydrogen-bond donors (Lipinski definition) is 2. The van der Waals surface area contributed by atoms with Gasteiger partial charge in [0, 0.05) is 31.8 Å². The lowest BCUT2D eigenvalue weighted by atomic mass is 10.1. The van der Waals surface area contributed by atoms with Gasteiger partial charge in [-0.25, -0.2) is 4.79 Å². The van der Waals surface area contributed by atoms with Gasteiger partial charge in [0.25, 0.3) is 5.69 Å². The molecule has 2 N–H and O–H groups in total. The van der Waals surface area contributed by atoms with Crippen molar-refractivity contribution >= 4 is 34.3 Å². The Morgan fingerprint density at radius 1 is 1.18 bits per heavy atom. The van der Waals surface area contributed by atoms with Crippen LogP contribution in [-0.4, -0.2) is 62.7 Å². The zero-order valence-electron chi connectivity index (χ0n) is 20.4. The van der Waals surface area contributed by atoms with Crippen molar-refractivity contribution in [2.75, 3.05) is 26.8 Å². The maximum atomic E-state index is 11.6. The molecule has 3 aromatic carbocycles. The molecule has 0 amide bonds. The number of nitrogens with zero attached hydrogens (tertiary/aromatic N) is 4. The number of aliphatic hydroxyl groups excluding tert-OH is 1. The Balaban J connectivity index is 1.49. The largest absolute Gasteiger partial charge is 0.492 e. The van der Waals surface area contributed by atoms with Gasteiger partial charge in [0.2, 0.25) is 5.88 Å². The van der Waals surface area contributed by atoms with Crippen molar-refractivity contribution in [2.45, 2.75) is 12.6 Å². The van der Waals surface area contributed by atoms with Gasteiger partial charge >= 0.3 is 6.09 Å². The van der Waals surface area contributed by atoms with Crippen molar-refractivity contribution in [3.63, 3.8) is 0 Å². The van der Waals surface area contributed by atoms with E-state index in [1.165, 1.54) is 19.2 Å². The molecule has 1 heterocycles. The van der Waals surface area contributed by atoms with Crippen molar-refractivity contribution in [1.29, 1.82) is 0 Å². The summed E-state index contributed by atoms with van der Waals surface area (Å²) in [5, 5.41) is 36.1. The minimum absolute atomic E-state index is 0.000628. The summed E-state index contributed by atoms with van der Waals surface area (Å²) >= 11 is 5.91. The van der Waals surface area contributed by atoms with E-state index in [0.717, 1.165) is 10.2 Å². The molecule has 0 saturated carbocycles. The Hall–Kier alpha value is -4.19. The van der Waals surface area contributed by atoms with Crippen LogP contribution in [0.2, 0.25) is 5.02 Å². The molecule has 4 aromatic rings. The molecule has 0 aliphatic carbocycles. The zero-order chi connectivity index (χ0) is 27.2. The highest BCUT2D eigenvalue weighted by atomic mass is 35.5. The van der Waals surface area contributed by atoms with Crippen LogP contribution in [0, 0.1) is 10.1 Å². The van der Waals surface area contributed by atoms with Crippen LogP contribution >= 0.6 is 11.6 Å². The molecule has 0 spiro atoms. The van der Waals surface area contributed by atoms with E-state index in [2.05, 4.69) is 5.10 Å². The molecule has 38 heavy (non-hydrogen) atoms. The maximum absolute atomic E-state index is 11.6. The minimum Gasteiger partial charge on any atom is -0.492 e. The van der Waals surface area contributed by atoms with Crippen molar-refractivity contribution in [1.82, 2.24) is 14.7 Å². The van der Waals surface area contributed by atoms with E-state index in [9.17, 15) is 25.1 Å². The molecular weight excluding hydrogens is 516 g/mol. The summed E-state index contributed by atoms with van der Waals surface area (Å²) in [6, 6.07) is 18.8. The molecule has 4 rings (SSSR count). The average Bonchev–Trinajstić information content (AvgIpc) is 3.27. The third-order valence-electron chi connectivity index (χ3n) is 5.90. The first kappa shape index (κ1) is 26.9. The molecule has 1 atom stereocenters. The summed E-state index contributed by atoms with van der Waals surface area (Å²) in [5.74, 6) is 0.635. The number of hydrogen-bond acceptors (Lipinski definition) is 8. The molecule has 0 aliphatic heterocycles. The number of aliphatic hydroxyl groups is 1. The first-order valence-corrected chi connectivity index (χ1v) is 12.0. The molecule has 1 unspecified atom stereocenters. The summed E-state index contributed by atoms with van der Waals surface area (Å²) in [7, 11) is 1.41. The zero-order valence-corrected chi connectivity index (χ0v) is 21.1. The molecule has 198 valence electrons. The summed E-state index contributed by atoms with van der Waals surface area (Å²) < 4.78 is 11.9. The van der Waals surface area contributed by atoms with E-state index in [4.69, 9.17) is 21.1 Å². The van der Waals surface area contributed by atoms with Crippen LogP contribution in [0.1, 0.15) is 17.2 Å². The normalized spacial score (nSPS) is 12.0. The minimum atomic E-state index is -1.25. The Kier molecular flexibility index (Phi) is 8.41.